The van der Waals surface area contributed by atoms with E-state index in [-0.39, 0.29) is 12.4 Å². The average molecular weight is 396 g/mol. The monoisotopic (exact) mass is 396 g/mol. The van der Waals surface area contributed by atoms with Crippen LogP contribution in [0.5, 0.6) is 11.6 Å². The molecule has 0 aliphatic heterocycles. The fourth-order valence-electron chi connectivity index (χ4n) is 2.21. The molecule has 0 unspecified atom stereocenters. The first-order valence-corrected chi connectivity index (χ1v) is 8.65. The van der Waals surface area contributed by atoms with Crippen molar-refractivity contribution in [2.24, 2.45) is 4.99 Å². The van der Waals surface area contributed by atoms with Crippen LogP contribution in [-0.4, -0.2) is 43.9 Å². The molecule has 1 aromatic carbocycles. The maximum absolute atomic E-state index is 12.3. The molecule has 2 N–H and O–H groups in total. The first-order valence-electron chi connectivity index (χ1n) is 8.65. The molecule has 0 saturated carbocycles. The quantitative estimate of drug-likeness (QED) is 0.408. The third kappa shape index (κ3) is 7.73. The summed E-state index contributed by atoms with van der Waals surface area (Å²) < 4.78 is 47.4. The minimum Gasteiger partial charge on any atom is -0.492 e. The van der Waals surface area contributed by atoms with E-state index in [1.54, 1.807) is 19.2 Å². The standard InChI is InChI=1S/C19H23F3N4O2/c1-14-5-7-16(8-6-14)27-11-10-25-18(23-2)26-12-15-4-3-9-24-17(15)28-13-19(20,21)22/h3-9H,10-13H2,1-2H3,(H2,23,25,26). The summed E-state index contributed by atoms with van der Waals surface area (Å²) in [4.78, 5) is 7.93. The first kappa shape index (κ1) is 21.3. The highest BCUT2D eigenvalue weighted by Gasteiger charge is 2.29. The van der Waals surface area contributed by atoms with Crippen molar-refractivity contribution in [3.63, 3.8) is 0 Å². The van der Waals surface area contributed by atoms with Crippen LogP contribution in [0.25, 0.3) is 0 Å². The molecule has 1 heterocycles. The van der Waals surface area contributed by atoms with Gasteiger partial charge in [0.2, 0.25) is 5.88 Å². The predicted octanol–water partition coefficient (Wildman–Crippen LogP) is 3.08. The van der Waals surface area contributed by atoms with Gasteiger partial charge in [-0.2, -0.15) is 13.2 Å². The highest BCUT2D eigenvalue weighted by Crippen LogP contribution is 2.19. The van der Waals surface area contributed by atoms with Gasteiger partial charge in [-0.05, 0) is 25.1 Å². The van der Waals surface area contributed by atoms with Crippen molar-refractivity contribution in [3.05, 3.63) is 53.7 Å². The Morgan fingerprint density at radius 1 is 1.11 bits per heavy atom. The number of aryl methyl sites for hydroxylation is 1. The molecule has 6 nitrogen and oxygen atoms in total. The number of hydrogen-bond acceptors (Lipinski definition) is 4. The van der Waals surface area contributed by atoms with Crippen molar-refractivity contribution < 1.29 is 22.6 Å². The molecule has 2 rings (SSSR count). The molecule has 0 radical (unpaired) electrons. The Morgan fingerprint density at radius 2 is 1.86 bits per heavy atom. The van der Waals surface area contributed by atoms with E-state index >= 15 is 0 Å². The van der Waals surface area contributed by atoms with E-state index in [0.717, 1.165) is 11.3 Å². The van der Waals surface area contributed by atoms with Crippen LogP contribution < -0.4 is 20.1 Å². The molecular formula is C19H23F3N4O2. The Morgan fingerprint density at radius 3 is 2.54 bits per heavy atom. The molecule has 0 aliphatic rings. The molecule has 0 amide bonds. The second-order valence-corrected chi connectivity index (χ2v) is 5.89. The number of hydrogen-bond donors (Lipinski definition) is 2. The molecule has 1 aromatic heterocycles. The van der Waals surface area contributed by atoms with Gasteiger partial charge in [-0.1, -0.05) is 23.8 Å². The van der Waals surface area contributed by atoms with Crippen LogP contribution >= 0.6 is 0 Å². The summed E-state index contributed by atoms with van der Waals surface area (Å²) in [5, 5.41) is 6.08. The predicted molar refractivity (Wildman–Crippen MR) is 101 cm³/mol. The fraction of sp³-hybridized carbons (Fsp3) is 0.368. The molecule has 0 fully saturated rings. The van der Waals surface area contributed by atoms with Crippen LogP contribution in [0, 0.1) is 6.92 Å². The number of guanidine groups is 1. The molecule has 0 bridgehead atoms. The van der Waals surface area contributed by atoms with Gasteiger partial charge < -0.3 is 20.1 Å². The van der Waals surface area contributed by atoms with Gasteiger partial charge in [0.1, 0.15) is 12.4 Å². The summed E-state index contributed by atoms with van der Waals surface area (Å²) in [6, 6.07) is 11.0. The van der Waals surface area contributed by atoms with E-state index in [2.05, 4.69) is 20.6 Å². The molecule has 2 aromatic rings. The zero-order valence-electron chi connectivity index (χ0n) is 15.7. The minimum absolute atomic E-state index is 0.0644. The number of nitrogens with one attached hydrogen (secondary N) is 2. The number of nitrogens with zero attached hydrogens (tertiary/aromatic N) is 2. The number of benzene rings is 1. The smallest absolute Gasteiger partial charge is 0.422 e. The van der Waals surface area contributed by atoms with Gasteiger partial charge in [0, 0.05) is 25.4 Å². The molecule has 0 atom stereocenters. The number of alkyl halides is 3. The van der Waals surface area contributed by atoms with Crippen LogP contribution in [0.1, 0.15) is 11.1 Å². The first-order chi connectivity index (χ1) is 13.4. The lowest BCUT2D eigenvalue weighted by Crippen LogP contribution is -2.39. The number of rotatable bonds is 8. The highest BCUT2D eigenvalue weighted by molar-refractivity contribution is 5.79. The number of aromatic nitrogens is 1. The summed E-state index contributed by atoms with van der Waals surface area (Å²) in [5.74, 6) is 1.20. The molecular weight excluding hydrogens is 373 g/mol. The van der Waals surface area contributed by atoms with E-state index in [4.69, 9.17) is 9.47 Å². The van der Waals surface area contributed by atoms with E-state index in [0.29, 0.717) is 24.7 Å². The molecule has 152 valence electrons. The Hall–Kier alpha value is -2.97. The van der Waals surface area contributed by atoms with E-state index in [1.807, 2.05) is 31.2 Å². The summed E-state index contributed by atoms with van der Waals surface area (Å²) in [5.41, 5.74) is 1.65. The third-order valence-electron chi connectivity index (χ3n) is 3.58. The number of ether oxygens (including phenoxy) is 2. The molecule has 9 heteroatoms. The van der Waals surface area contributed by atoms with Crippen molar-refractivity contribution in [2.75, 3.05) is 26.8 Å². The maximum Gasteiger partial charge on any atom is 0.422 e. The largest absolute Gasteiger partial charge is 0.492 e. The van der Waals surface area contributed by atoms with Crippen LogP contribution in [0.2, 0.25) is 0 Å². The van der Waals surface area contributed by atoms with Gasteiger partial charge in [-0.25, -0.2) is 4.98 Å². The van der Waals surface area contributed by atoms with Gasteiger partial charge in [-0.3, -0.25) is 4.99 Å². The third-order valence-corrected chi connectivity index (χ3v) is 3.58. The average Bonchev–Trinajstić information content (AvgIpc) is 2.67. The topological polar surface area (TPSA) is 67.8 Å². The van der Waals surface area contributed by atoms with Crippen molar-refractivity contribution in [2.45, 2.75) is 19.6 Å². The van der Waals surface area contributed by atoms with Crippen LogP contribution in [0.3, 0.4) is 0 Å². The maximum atomic E-state index is 12.3. The van der Waals surface area contributed by atoms with Crippen LogP contribution in [-0.2, 0) is 6.54 Å². The molecule has 0 aliphatic carbocycles. The van der Waals surface area contributed by atoms with Gasteiger partial charge >= 0.3 is 6.18 Å². The van der Waals surface area contributed by atoms with Crippen LogP contribution in [0.15, 0.2) is 47.6 Å². The Kier molecular flexibility index (Phi) is 7.91. The Bertz CT molecular complexity index is 765. The number of pyridine rings is 1. The van der Waals surface area contributed by atoms with Crippen molar-refractivity contribution in [1.82, 2.24) is 15.6 Å². The number of halogens is 3. The van der Waals surface area contributed by atoms with E-state index in [1.165, 1.54) is 6.20 Å². The SMILES string of the molecule is CN=C(NCCOc1ccc(C)cc1)NCc1cccnc1OCC(F)(F)F. The second kappa shape index (κ2) is 10.4. The van der Waals surface area contributed by atoms with Gasteiger partial charge in [0.25, 0.3) is 0 Å². The summed E-state index contributed by atoms with van der Waals surface area (Å²) in [6.07, 6.45) is -3.04. The normalized spacial score (nSPS) is 11.8. The Labute approximate surface area is 161 Å². The van der Waals surface area contributed by atoms with Crippen LogP contribution in [0.4, 0.5) is 13.2 Å². The lowest BCUT2D eigenvalue weighted by atomic mass is 10.2. The second-order valence-electron chi connectivity index (χ2n) is 5.89. The summed E-state index contributed by atoms with van der Waals surface area (Å²) in [6.45, 7) is 1.75. The zero-order valence-corrected chi connectivity index (χ0v) is 15.7. The molecule has 0 spiro atoms. The number of aliphatic imine (C=N–C) groups is 1. The summed E-state index contributed by atoms with van der Waals surface area (Å²) in [7, 11) is 1.60. The van der Waals surface area contributed by atoms with Crippen molar-refractivity contribution in [1.29, 1.82) is 0 Å². The van der Waals surface area contributed by atoms with Crippen molar-refractivity contribution >= 4 is 5.96 Å². The van der Waals surface area contributed by atoms with E-state index < -0.39 is 12.8 Å². The highest BCUT2D eigenvalue weighted by atomic mass is 19.4. The van der Waals surface area contributed by atoms with E-state index in [9.17, 15) is 13.2 Å². The van der Waals surface area contributed by atoms with Crippen molar-refractivity contribution in [3.8, 4) is 11.6 Å². The van der Waals surface area contributed by atoms with Gasteiger partial charge in [0.05, 0.1) is 6.54 Å². The fourth-order valence-corrected chi connectivity index (χ4v) is 2.21. The minimum atomic E-state index is -4.42. The lowest BCUT2D eigenvalue weighted by Gasteiger charge is -2.15. The molecule has 0 saturated heterocycles. The Balaban J connectivity index is 1.78. The lowest BCUT2D eigenvalue weighted by molar-refractivity contribution is -0.154. The zero-order chi connectivity index (χ0) is 20.4. The summed E-state index contributed by atoms with van der Waals surface area (Å²) >= 11 is 0. The molecule has 28 heavy (non-hydrogen) atoms. The van der Waals surface area contributed by atoms with Gasteiger partial charge in [-0.15, -0.1) is 0 Å². The van der Waals surface area contributed by atoms with Gasteiger partial charge in [0.15, 0.2) is 12.6 Å².